The van der Waals surface area contributed by atoms with Gasteiger partial charge in [-0.3, -0.25) is 0 Å². The second-order valence-corrected chi connectivity index (χ2v) is 5.00. The number of halogens is 1. The molecule has 0 unspecified atom stereocenters. The molecule has 3 aromatic rings. The Bertz CT molecular complexity index is 682. The zero-order valence-corrected chi connectivity index (χ0v) is 11.1. The Morgan fingerprint density at radius 2 is 1.65 bits per heavy atom. The molecule has 0 aliphatic heterocycles. The fourth-order valence-electron chi connectivity index (χ4n) is 2.22. The molecule has 1 N–H and O–H groups in total. The van der Waals surface area contributed by atoms with Crippen molar-refractivity contribution in [2.75, 3.05) is 0 Å². The van der Waals surface area contributed by atoms with Gasteiger partial charge in [-0.15, -0.1) is 0 Å². The van der Waals surface area contributed by atoms with E-state index in [1.54, 1.807) is 0 Å². The minimum atomic E-state index is 1.12. The standard InChI is InChI=1S/C15H12BrN/c1-10-11-6-3-5-9-14(11)17-15(10)12-7-2-4-8-13(12)16/h2-9,17H,1H3. The van der Waals surface area contributed by atoms with Gasteiger partial charge in [0.1, 0.15) is 0 Å². The summed E-state index contributed by atoms with van der Waals surface area (Å²) in [4.78, 5) is 3.49. The van der Waals surface area contributed by atoms with E-state index in [2.05, 4.69) is 70.3 Å². The van der Waals surface area contributed by atoms with Crippen LogP contribution >= 0.6 is 15.9 Å². The van der Waals surface area contributed by atoms with Gasteiger partial charge in [0.05, 0.1) is 5.69 Å². The zero-order chi connectivity index (χ0) is 11.8. The molecule has 1 nitrogen and oxygen atoms in total. The topological polar surface area (TPSA) is 15.8 Å². The molecule has 0 aliphatic carbocycles. The summed E-state index contributed by atoms with van der Waals surface area (Å²) >= 11 is 3.60. The molecule has 2 aromatic carbocycles. The number of hydrogen-bond acceptors (Lipinski definition) is 0. The van der Waals surface area contributed by atoms with Crippen LogP contribution in [0.25, 0.3) is 22.2 Å². The van der Waals surface area contributed by atoms with E-state index in [9.17, 15) is 0 Å². The van der Waals surface area contributed by atoms with Crippen molar-refractivity contribution in [1.82, 2.24) is 4.98 Å². The SMILES string of the molecule is Cc1c(-c2ccccc2Br)[nH]c2ccccc12. The first-order valence-corrected chi connectivity index (χ1v) is 6.39. The Labute approximate surface area is 109 Å². The van der Waals surface area contributed by atoms with Crippen molar-refractivity contribution in [2.45, 2.75) is 6.92 Å². The summed E-state index contributed by atoms with van der Waals surface area (Å²) in [6, 6.07) is 16.7. The van der Waals surface area contributed by atoms with E-state index in [0.29, 0.717) is 0 Å². The second kappa shape index (κ2) is 4.04. The van der Waals surface area contributed by atoms with Crippen molar-refractivity contribution in [3.05, 3.63) is 58.6 Å². The molecule has 0 saturated heterocycles. The predicted molar refractivity (Wildman–Crippen MR) is 76.2 cm³/mol. The first-order chi connectivity index (χ1) is 8.27. The monoisotopic (exact) mass is 285 g/mol. The molecule has 0 fully saturated rings. The highest BCUT2D eigenvalue weighted by atomic mass is 79.9. The van der Waals surface area contributed by atoms with Gasteiger partial charge in [-0.2, -0.15) is 0 Å². The average molecular weight is 286 g/mol. The van der Waals surface area contributed by atoms with Gasteiger partial charge in [-0.1, -0.05) is 52.3 Å². The number of H-pyrrole nitrogens is 1. The summed E-state index contributed by atoms with van der Waals surface area (Å²) in [6.45, 7) is 2.16. The highest BCUT2D eigenvalue weighted by Crippen LogP contribution is 2.33. The number of aromatic amines is 1. The quantitative estimate of drug-likeness (QED) is 0.654. The maximum atomic E-state index is 3.60. The molecule has 2 heteroatoms. The lowest BCUT2D eigenvalue weighted by atomic mass is 10.1. The molecule has 0 radical (unpaired) electrons. The largest absolute Gasteiger partial charge is 0.354 e. The summed E-state index contributed by atoms with van der Waals surface area (Å²) in [5.74, 6) is 0. The first kappa shape index (κ1) is 10.6. The Kier molecular flexibility index (Phi) is 2.52. The van der Waals surface area contributed by atoms with Crippen LogP contribution in [0.3, 0.4) is 0 Å². The number of aromatic nitrogens is 1. The van der Waals surface area contributed by atoms with Crippen LogP contribution in [-0.4, -0.2) is 4.98 Å². The summed E-state index contributed by atoms with van der Waals surface area (Å²) < 4.78 is 1.12. The van der Waals surface area contributed by atoms with Crippen LogP contribution in [0.4, 0.5) is 0 Å². The van der Waals surface area contributed by atoms with Gasteiger partial charge in [-0.25, -0.2) is 0 Å². The number of para-hydroxylation sites is 1. The highest BCUT2D eigenvalue weighted by Gasteiger charge is 2.10. The van der Waals surface area contributed by atoms with Crippen LogP contribution in [0.2, 0.25) is 0 Å². The van der Waals surface area contributed by atoms with Gasteiger partial charge >= 0.3 is 0 Å². The fourth-order valence-corrected chi connectivity index (χ4v) is 2.70. The van der Waals surface area contributed by atoms with E-state index < -0.39 is 0 Å². The minimum absolute atomic E-state index is 1.12. The van der Waals surface area contributed by atoms with Crippen molar-refractivity contribution in [3.8, 4) is 11.3 Å². The number of benzene rings is 2. The number of aryl methyl sites for hydroxylation is 1. The Balaban J connectivity index is 2.32. The average Bonchev–Trinajstić information content (AvgIpc) is 2.68. The van der Waals surface area contributed by atoms with E-state index in [4.69, 9.17) is 0 Å². The highest BCUT2D eigenvalue weighted by molar-refractivity contribution is 9.10. The summed E-state index contributed by atoms with van der Waals surface area (Å²) in [5, 5.41) is 1.29. The second-order valence-electron chi connectivity index (χ2n) is 4.15. The normalized spacial score (nSPS) is 10.9. The Morgan fingerprint density at radius 3 is 2.41 bits per heavy atom. The fraction of sp³-hybridized carbons (Fsp3) is 0.0667. The van der Waals surface area contributed by atoms with E-state index in [1.165, 1.54) is 27.7 Å². The maximum Gasteiger partial charge on any atom is 0.0505 e. The number of rotatable bonds is 1. The molecule has 1 aromatic heterocycles. The van der Waals surface area contributed by atoms with Crippen LogP contribution in [0.1, 0.15) is 5.56 Å². The van der Waals surface area contributed by atoms with Gasteiger partial charge in [0, 0.05) is 20.9 Å². The van der Waals surface area contributed by atoms with E-state index in [0.717, 1.165) is 4.47 Å². The lowest BCUT2D eigenvalue weighted by molar-refractivity contribution is 1.40. The zero-order valence-electron chi connectivity index (χ0n) is 9.50. The van der Waals surface area contributed by atoms with E-state index >= 15 is 0 Å². The molecular weight excluding hydrogens is 274 g/mol. The molecule has 17 heavy (non-hydrogen) atoms. The lowest BCUT2D eigenvalue weighted by Crippen LogP contribution is -1.81. The predicted octanol–water partition coefficient (Wildman–Crippen LogP) is 4.91. The summed E-state index contributed by atoms with van der Waals surface area (Å²) in [7, 11) is 0. The molecular formula is C15H12BrN. The molecule has 0 bridgehead atoms. The van der Waals surface area contributed by atoms with Crippen molar-refractivity contribution in [1.29, 1.82) is 0 Å². The molecule has 0 aliphatic rings. The van der Waals surface area contributed by atoms with E-state index in [1.807, 2.05) is 6.07 Å². The van der Waals surface area contributed by atoms with Crippen LogP contribution in [0, 0.1) is 6.92 Å². The minimum Gasteiger partial charge on any atom is -0.354 e. The van der Waals surface area contributed by atoms with Gasteiger partial charge in [0.2, 0.25) is 0 Å². The smallest absolute Gasteiger partial charge is 0.0505 e. The number of nitrogens with one attached hydrogen (secondary N) is 1. The van der Waals surface area contributed by atoms with Crippen molar-refractivity contribution < 1.29 is 0 Å². The Morgan fingerprint density at radius 1 is 0.941 bits per heavy atom. The van der Waals surface area contributed by atoms with Crippen molar-refractivity contribution >= 4 is 26.8 Å². The maximum absolute atomic E-state index is 3.60. The number of fused-ring (bicyclic) bond motifs is 1. The third-order valence-corrected chi connectivity index (χ3v) is 3.80. The first-order valence-electron chi connectivity index (χ1n) is 5.59. The van der Waals surface area contributed by atoms with Gasteiger partial charge in [-0.05, 0) is 24.6 Å². The van der Waals surface area contributed by atoms with Gasteiger partial charge in [0.15, 0.2) is 0 Å². The molecule has 0 saturated carbocycles. The van der Waals surface area contributed by atoms with Gasteiger partial charge < -0.3 is 4.98 Å². The summed E-state index contributed by atoms with van der Waals surface area (Å²) in [6.07, 6.45) is 0. The molecule has 0 spiro atoms. The molecule has 0 amide bonds. The molecule has 3 rings (SSSR count). The molecule has 84 valence electrons. The van der Waals surface area contributed by atoms with Crippen LogP contribution in [0.5, 0.6) is 0 Å². The van der Waals surface area contributed by atoms with Crippen molar-refractivity contribution in [2.24, 2.45) is 0 Å². The van der Waals surface area contributed by atoms with Gasteiger partial charge in [0.25, 0.3) is 0 Å². The van der Waals surface area contributed by atoms with E-state index in [-0.39, 0.29) is 0 Å². The Hall–Kier alpha value is -1.54. The van der Waals surface area contributed by atoms with Crippen LogP contribution in [-0.2, 0) is 0 Å². The molecule has 0 atom stereocenters. The number of hydrogen-bond donors (Lipinski definition) is 1. The third kappa shape index (κ3) is 1.69. The third-order valence-electron chi connectivity index (χ3n) is 3.11. The molecule has 1 heterocycles. The van der Waals surface area contributed by atoms with Crippen LogP contribution < -0.4 is 0 Å². The lowest BCUT2D eigenvalue weighted by Gasteiger charge is -2.03. The summed E-state index contributed by atoms with van der Waals surface area (Å²) in [5.41, 5.74) is 4.89. The van der Waals surface area contributed by atoms with Crippen molar-refractivity contribution in [3.63, 3.8) is 0 Å². The van der Waals surface area contributed by atoms with Crippen LogP contribution in [0.15, 0.2) is 53.0 Å².